The molecule has 1 rings (SSSR count). The average Bonchev–Trinajstić information content (AvgIpc) is 2.86. The summed E-state index contributed by atoms with van der Waals surface area (Å²) in [5, 5.41) is 0.379. The van der Waals surface area contributed by atoms with Crippen LogP contribution in [-0.2, 0) is 10.0 Å². The van der Waals surface area contributed by atoms with Crippen molar-refractivity contribution in [2.75, 3.05) is 24.2 Å². The summed E-state index contributed by atoms with van der Waals surface area (Å²) in [5.41, 5.74) is 0. The lowest BCUT2D eigenvalue weighted by molar-refractivity contribution is 0.121. The van der Waals surface area contributed by atoms with Gasteiger partial charge in [-0.05, 0) is 18.8 Å². The molecule has 0 radical (unpaired) electrons. The van der Waals surface area contributed by atoms with Gasteiger partial charge in [0, 0.05) is 11.9 Å². The highest BCUT2D eigenvalue weighted by molar-refractivity contribution is 9.09. The molecule has 1 fully saturated rings. The van der Waals surface area contributed by atoms with Gasteiger partial charge in [0.15, 0.2) is 0 Å². The van der Waals surface area contributed by atoms with Gasteiger partial charge in [0.05, 0.1) is 12.3 Å². The van der Waals surface area contributed by atoms with Gasteiger partial charge in [-0.15, -0.1) is 0 Å². The SMILES string of the molecule is O=S(=O)(CC1CC1)N(CCBr)CC(F)F. The molecule has 1 aliphatic carbocycles. The first-order valence-electron chi connectivity index (χ1n) is 4.77. The molecule has 0 aromatic carbocycles. The smallest absolute Gasteiger partial charge is 0.212 e. The first kappa shape index (κ1) is 13.3. The number of hydrogen-bond donors (Lipinski definition) is 0. The van der Waals surface area contributed by atoms with Gasteiger partial charge in [0.2, 0.25) is 10.0 Å². The normalized spacial score (nSPS) is 17.7. The van der Waals surface area contributed by atoms with E-state index in [1.54, 1.807) is 0 Å². The van der Waals surface area contributed by atoms with E-state index in [0.717, 1.165) is 17.1 Å². The van der Waals surface area contributed by atoms with Crippen molar-refractivity contribution in [1.29, 1.82) is 0 Å². The van der Waals surface area contributed by atoms with Gasteiger partial charge in [-0.3, -0.25) is 0 Å². The van der Waals surface area contributed by atoms with E-state index in [1.165, 1.54) is 0 Å². The maximum absolute atomic E-state index is 12.2. The Kier molecular flexibility index (Phi) is 4.92. The van der Waals surface area contributed by atoms with Gasteiger partial charge in [0.1, 0.15) is 0 Å². The number of halogens is 3. The van der Waals surface area contributed by atoms with E-state index in [4.69, 9.17) is 0 Å². The molecule has 0 aromatic rings. The van der Waals surface area contributed by atoms with Crippen LogP contribution in [0.1, 0.15) is 12.8 Å². The third-order valence-corrected chi connectivity index (χ3v) is 4.58. The minimum absolute atomic E-state index is 0.0206. The summed E-state index contributed by atoms with van der Waals surface area (Å²) in [6.45, 7) is -0.583. The monoisotopic (exact) mass is 305 g/mol. The van der Waals surface area contributed by atoms with E-state index in [2.05, 4.69) is 15.9 Å². The zero-order chi connectivity index (χ0) is 11.5. The summed E-state index contributed by atoms with van der Waals surface area (Å²) in [5.74, 6) is 0.206. The van der Waals surface area contributed by atoms with Gasteiger partial charge in [-0.1, -0.05) is 15.9 Å². The molecule has 0 spiro atoms. The van der Waals surface area contributed by atoms with Crippen molar-refractivity contribution in [2.45, 2.75) is 19.3 Å². The van der Waals surface area contributed by atoms with Crippen LogP contribution >= 0.6 is 15.9 Å². The van der Waals surface area contributed by atoms with Gasteiger partial charge < -0.3 is 0 Å². The van der Waals surface area contributed by atoms with Gasteiger partial charge in [0.25, 0.3) is 6.43 Å². The van der Waals surface area contributed by atoms with Crippen molar-refractivity contribution in [1.82, 2.24) is 4.31 Å². The van der Waals surface area contributed by atoms with E-state index in [0.29, 0.717) is 5.33 Å². The predicted octanol–water partition coefficient (Wildman–Crippen LogP) is 1.69. The van der Waals surface area contributed by atoms with Crippen molar-refractivity contribution >= 4 is 26.0 Å². The van der Waals surface area contributed by atoms with E-state index < -0.39 is 23.0 Å². The summed E-state index contributed by atoms with van der Waals surface area (Å²) < 4.78 is 48.6. The van der Waals surface area contributed by atoms with Gasteiger partial charge >= 0.3 is 0 Å². The van der Waals surface area contributed by atoms with Crippen LogP contribution in [0.2, 0.25) is 0 Å². The maximum atomic E-state index is 12.2. The highest BCUT2D eigenvalue weighted by Gasteiger charge is 2.32. The molecule has 0 bridgehead atoms. The number of hydrogen-bond acceptors (Lipinski definition) is 2. The Hall–Kier alpha value is 0.250. The molecule has 0 aliphatic heterocycles. The zero-order valence-corrected chi connectivity index (χ0v) is 10.6. The van der Waals surface area contributed by atoms with Crippen LogP contribution in [0.4, 0.5) is 8.78 Å². The summed E-state index contributed by atoms with van der Waals surface area (Å²) in [6.07, 6.45) is -0.815. The zero-order valence-electron chi connectivity index (χ0n) is 8.20. The Bertz CT molecular complexity index is 293. The van der Waals surface area contributed by atoms with Crippen LogP contribution in [0.25, 0.3) is 0 Å². The highest BCUT2D eigenvalue weighted by Crippen LogP contribution is 2.31. The first-order valence-corrected chi connectivity index (χ1v) is 7.50. The second kappa shape index (κ2) is 5.54. The van der Waals surface area contributed by atoms with Crippen molar-refractivity contribution in [2.24, 2.45) is 5.92 Å². The molecule has 0 aromatic heterocycles. The Labute approximate surface area is 97.0 Å². The number of alkyl halides is 3. The largest absolute Gasteiger partial charge is 0.252 e. The quantitative estimate of drug-likeness (QED) is 0.671. The van der Waals surface area contributed by atoms with E-state index in [-0.39, 0.29) is 18.2 Å². The van der Waals surface area contributed by atoms with E-state index in [1.807, 2.05) is 0 Å². The molecule has 3 nitrogen and oxygen atoms in total. The van der Waals surface area contributed by atoms with Crippen LogP contribution in [0, 0.1) is 5.92 Å². The molecule has 1 aliphatic rings. The fourth-order valence-corrected chi connectivity index (χ4v) is 3.79. The standard InChI is InChI=1S/C8H14BrF2NO2S/c9-3-4-12(5-8(10)11)15(13,14)6-7-1-2-7/h7-8H,1-6H2. The molecule has 7 heteroatoms. The van der Waals surface area contributed by atoms with E-state index >= 15 is 0 Å². The lowest BCUT2D eigenvalue weighted by atomic mass is 10.5. The third-order valence-electron chi connectivity index (χ3n) is 2.21. The molecule has 0 amide bonds. The van der Waals surface area contributed by atoms with Gasteiger partial charge in [-0.25, -0.2) is 17.2 Å². The fraction of sp³-hybridized carbons (Fsp3) is 1.00. The minimum Gasteiger partial charge on any atom is -0.212 e. The molecule has 0 heterocycles. The van der Waals surface area contributed by atoms with Crippen molar-refractivity contribution < 1.29 is 17.2 Å². The lowest BCUT2D eigenvalue weighted by Gasteiger charge is -2.20. The lowest BCUT2D eigenvalue weighted by Crippen LogP contribution is -2.38. The summed E-state index contributed by atoms with van der Waals surface area (Å²) in [6, 6.07) is 0. The third kappa shape index (κ3) is 4.74. The Morgan fingerprint density at radius 2 is 2.00 bits per heavy atom. The second-order valence-electron chi connectivity index (χ2n) is 3.66. The van der Waals surface area contributed by atoms with Crippen molar-refractivity contribution in [3.63, 3.8) is 0 Å². The molecule has 15 heavy (non-hydrogen) atoms. The fourth-order valence-electron chi connectivity index (χ4n) is 1.28. The predicted molar refractivity (Wildman–Crippen MR) is 57.9 cm³/mol. The Morgan fingerprint density at radius 1 is 1.40 bits per heavy atom. The number of sulfonamides is 1. The molecular weight excluding hydrogens is 292 g/mol. The van der Waals surface area contributed by atoms with Crippen molar-refractivity contribution in [3.05, 3.63) is 0 Å². The number of rotatable bonds is 7. The summed E-state index contributed by atoms with van der Waals surface area (Å²) >= 11 is 3.06. The van der Waals surface area contributed by atoms with Crippen LogP contribution in [0.5, 0.6) is 0 Å². The highest BCUT2D eigenvalue weighted by atomic mass is 79.9. The molecule has 1 saturated carbocycles. The molecule has 90 valence electrons. The Morgan fingerprint density at radius 3 is 2.40 bits per heavy atom. The second-order valence-corrected chi connectivity index (χ2v) is 6.47. The van der Waals surface area contributed by atoms with Crippen molar-refractivity contribution in [3.8, 4) is 0 Å². The molecular formula is C8H14BrF2NO2S. The van der Waals surface area contributed by atoms with Crippen LogP contribution in [0.15, 0.2) is 0 Å². The average molecular weight is 306 g/mol. The van der Waals surface area contributed by atoms with Crippen LogP contribution < -0.4 is 0 Å². The molecule has 0 atom stereocenters. The molecule has 0 saturated heterocycles. The topological polar surface area (TPSA) is 37.4 Å². The van der Waals surface area contributed by atoms with E-state index in [9.17, 15) is 17.2 Å². The molecule has 0 unspecified atom stereocenters. The first-order chi connectivity index (χ1) is 6.95. The number of nitrogens with zero attached hydrogens (tertiary/aromatic N) is 1. The Balaban J connectivity index is 2.58. The molecule has 0 N–H and O–H groups in total. The van der Waals surface area contributed by atoms with Gasteiger partial charge in [-0.2, -0.15) is 4.31 Å². The van der Waals surface area contributed by atoms with Crippen LogP contribution in [-0.4, -0.2) is 43.3 Å². The maximum Gasteiger partial charge on any atom is 0.252 e. The summed E-state index contributed by atoms with van der Waals surface area (Å²) in [4.78, 5) is 0. The minimum atomic E-state index is -3.49. The summed E-state index contributed by atoms with van der Waals surface area (Å²) in [7, 11) is -3.49. The van der Waals surface area contributed by atoms with Crippen LogP contribution in [0.3, 0.4) is 0 Å².